The van der Waals surface area contributed by atoms with Crippen molar-refractivity contribution in [2.75, 3.05) is 0 Å². The Morgan fingerprint density at radius 3 is 2.17 bits per heavy atom. The molecule has 0 saturated heterocycles. The van der Waals surface area contributed by atoms with Crippen molar-refractivity contribution in [3.8, 4) is 0 Å². The van der Waals surface area contributed by atoms with Gasteiger partial charge in [-0.1, -0.05) is 0 Å². The third kappa shape index (κ3) is 4.33. The Kier molecular flexibility index (Phi) is 3.71. The summed E-state index contributed by atoms with van der Waals surface area (Å²) in [5, 5.41) is 0. The van der Waals surface area contributed by atoms with Crippen LogP contribution in [-0.2, 0) is 0 Å². The highest BCUT2D eigenvalue weighted by atomic mass is 127. The molecule has 0 fully saturated rings. The van der Waals surface area contributed by atoms with Crippen molar-refractivity contribution in [1.29, 1.82) is 0 Å². The molecule has 0 heterocycles. The van der Waals surface area contributed by atoms with Gasteiger partial charge in [0.25, 0.3) is 0 Å². The lowest BCUT2D eigenvalue weighted by atomic mass is 10.7. The summed E-state index contributed by atoms with van der Waals surface area (Å²) in [6.07, 6.45) is 1.01. The van der Waals surface area contributed by atoms with Crippen molar-refractivity contribution in [3.05, 3.63) is 12.4 Å². The second-order valence-electron chi connectivity index (χ2n) is 0.653. The van der Waals surface area contributed by atoms with Crippen LogP contribution < -0.4 is 0 Å². The lowest BCUT2D eigenvalue weighted by Gasteiger charge is -1.78. The number of halogens is 3. The molecule has 0 rings (SSSR count). The quantitative estimate of drug-likeness (QED) is 0.453. The number of allylic oxidation sites excluding steroid dienone is 1. The van der Waals surface area contributed by atoms with Gasteiger partial charge in [0.05, 0.1) is 6.33 Å². The molecule has 36 valence electrons. The van der Waals surface area contributed by atoms with Crippen LogP contribution in [0.15, 0.2) is 12.4 Å². The van der Waals surface area contributed by atoms with Gasteiger partial charge in [-0.15, -0.1) is 0 Å². The van der Waals surface area contributed by atoms with Gasteiger partial charge in [0.2, 0.25) is 0 Å². The molecular weight excluding hydrogens is 201 g/mol. The van der Waals surface area contributed by atoms with Crippen LogP contribution in [0.5, 0.6) is 0 Å². The summed E-state index contributed by atoms with van der Waals surface area (Å²) in [7, 11) is 0. The third-order valence-electron chi connectivity index (χ3n) is 0.218. The average molecular weight is 204 g/mol. The molecule has 1 unspecified atom stereocenters. The smallest absolute Gasteiger partial charge is 0.171 e. The van der Waals surface area contributed by atoms with Gasteiger partial charge < -0.3 is 0 Å². The lowest BCUT2D eigenvalue weighted by Crippen LogP contribution is -1.72. The van der Waals surface area contributed by atoms with E-state index in [1.165, 1.54) is 22.6 Å². The zero-order valence-electron chi connectivity index (χ0n) is 2.87. The fourth-order valence-electron chi connectivity index (χ4n) is 0.0550. The van der Waals surface area contributed by atoms with Crippen LogP contribution in [0, 0.1) is 0 Å². The molecule has 0 saturated carbocycles. The Morgan fingerprint density at radius 2 is 2.17 bits per heavy atom. The van der Waals surface area contributed by atoms with Crippen molar-refractivity contribution in [3.63, 3.8) is 0 Å². The van der Waals surface area contributed by atoms with Crippen molar-refractivity contribution in [1.82, 2.24) is 0 Å². The first kappa shape index (κ1) is 6.33. The minimum atomic E-state index is -1.19. The van der Waals surface area contributed by atoms with E-state index in [-0.39, 0.29) is 6.33 Å². The Balaban J connectivity index is 3.03. The van der Waals surface area contributed by atoms with E-state index in [1.807, 2.05) is 0 Å². The van der Waals surface area contributed by atoms with Crippen LogP contribution in [0.1, 0.15) is 0 Å². The van der Waals surface area contributed by atoms with Gasteiger partial charge >= 0.3 is 0 Å². The van der Waals surface area contributed by atoms with E-state index in [1.54, 1.807) is 0 Å². The Bertz CT molecular complexity index is 50.8. The summed E-state index contributed by atoms with van der Waals surface area (Å²) in [6.45, 7) is 0. The highest BCUT2D eigenvalue weighted by Gasteiger charge is 1.86. The number of rotatable bonds is 1. The van der Waals surface area contributed by atoms with Crippen LogP contribution in [0.3, 0.4) is 0 Å². The summed E-state index contributed by atoms with van der Waals surface area (Å²) in [6, 6.07) is 0. The normalized spacial score (nSPS) is 15.8. The molecule has 3 heteroatoms. The molecule has 0 aromatic rings. The monoisotopic (exact) mass is 204 g/mol. The number of hydrogen-bond donors (Lipinski definition) is 0. The Morgan fingerprint density at radius 1 is 1.67 bits per heavy atom. The molecule has 0 aliphatic rings. The molecule has 0 aromatic heterocycles. The van der Waals surface area contributed by atoms with Gasteiger partial charge in [0.1, 0.15) is 0 Å². The van der Waals surface area contributed by atoms with Crippen molar-refractivity contribution >= 4 is 22.6 Å². The second-order valence-corrected chi connectivity index (χ2v) is 1.84. The SMILES string of the molecule is FC=CC(F)I. The summed E-state index contributed by atoms with van der Waals surface area (Å²) in [4.78, 5) is 0. The maximum absolute atomic E-state index is 11.4. The summed E-state index contributed by atoms with van der Waals surface area (Å²) in [5.74, 6) is 0. The van der Waals surface area contributed by atoms with Crippen LogP contribution in [0.4, 0.5) is 8.78 Å². The van der Waals surface area contributed by atoms with Gasteiger partial charge in [-0.3, -0.25) is 0 Å². The van der Waals surface area contributed by atoms with Crippen molar-refractivity contribution in [2.24, 2.45) is 0 Å². The van der Waals surface area contributed by atoms with Gasteiger partial charge in [-0.05, 0) is 28.7 Å². The molecule has 0 bridgehead atoms. The first-order valence-electron chi connectivity index (χ1n) is 1.32. The molecule has 0 spiro atoms. The van der Waals surface area contributed by atoms with Crippen LogP contribution >= 0.6 is 22.6 Å². The van der Waals surface area contributed by atoms with Gasteiger partial charge in [0, 0.05) is 0 Å². The zero-order chi connectivity index (χ0) is 4.99. The topological polar surface area (TPSA) is 0 Å². The molecule has 0 radical (unpaired) electrons. The van der Waals surface area contributed by atoms with Crippen LogP contribution in [-0.4, -0.2) is 4.18 Å². The van der Waals surface area contributed by atoms with E-state index < -0.39 is 4.18 Å². The molecule has 0 aromatic carbocycles. The maximum Gasteiger partial charge on any atom is 0.171 e. The first-order valence-corrected chi connectivity index (χ1v) is 2.57. The molecule has 0 nitrogen and oxygen atoms in total. The number of hydrogen-bond acceptors (Lipinski definition) is 0. The van der Waals surface area contributed by atoms with Crippen molar-refractivity contribution in [2.45, 2.75) is 4.18 Å². The standard InChI is InChI=1S/C3H3F2I/c4-2-1-3(5)6/h1-3H. The minimum absolute atomic E-state index is 0.192. The maximum atomic E-state index is 11.4. The van der Waals surface area contributed by atoms with E-state index in [2.05, 4.69) is 0 Å². The van der Waals surface area contributed by atoms with E-state index in [4.69, 9.17) is 0 Å². The molecule has 0 aliphatic heterocycles. The highest BCUT2D eigenvalue weighted by molar-refractivity contribution is 14.1. The predicted octanol–water partition coefficient (Wildman–Crippen LogP) is 2.20. The largest absolute Gasteiger partial charge is 0.231 e. The molecular formula is C3H3F2I. The van der Waals surface area contributed by atoms with Crippen LogP contribution in [0.2, 0.25) is 0 Å². The Hall–Kier alpha value is 0.330. The number of alkyl halides is 2. The predicted molar refractivity (Wildman–Crippen MR) is 29.2 cm³/mol. The van der Waals surface area contributed by atoms with E-state index in [0.717, 1.165) is 6.08 Å². The average Bonchev–Trinajstić information content (AvgIpc) is 1.35. The molecule has 6 heavy (non-hydrogen) atoms. The molecule has 0 aliphatic carbocycles. The van der Waals surface area contributed by atoms with Crippen molar-refractivity contribution < 1.29 is 8.78 Å². The van der Waals surface area contributed by atoms with E-state index in [0.29, 0.717) is 0 Å². The summed E-state index contributed by atoms with van der Waals surface area (Å²) < 4.78 is 21.0. The summed E-state index contributed by atoms with van der Waals surface area (Å²) >= 11 is 1.45. The minimum Gasteiger partial charge on any atom is -0.231 e. The molecule has 0 N–H and O–H groups in total. The fourth-order valence-corrected chi connectivity index (χ4v) is 0.212. The van der Waals surface area contributed by atoms with E-state index in [9.17, 15) is 8.78 Å². The third-order valence-corrected chi connectivity index (χ3v) is 0.633. The van der Waals surface area contributed by atoms with E-state index >= 15 is 0 Å². The molecule has 0 amide bonds. The van der Waals surface area contributed by atoms with Gasteiger partial charge in [-0.2, -0.15) is 0 Å². The zero-order valence-corrected chi connectivity index (χ0v) is 5.02. The lowest BCUT2D eigenvalue weighted by molar-refractivity contribution is 0.533. The highest BCUT2D eigenvalue weighted by Crippen LogP contribution is 2.01. The first-order chi connectivity index (χ1) is 2.77. The fraction of sp³-hybridized carbons (Fsp3) is 0.333. The second kappa shape index (κ2) is 3.52. The van der Waals surface area contributed by atoms with Gasteiger partial charge in [-0.25, -0.2) is 8.78 Å². The Labute approximate surface area is 48.4 Å². The summed E-state index contributed by atoms with van der Waals surface area (Å²) in [5.41, 5.74) is 0. The van der Waals surface area contributed by atoms with Crippen LogP contribution in [0.25, 0.3) is 0 Å². The molecule has 1 atom stereocenters. The van der Waals surface area contributed by atoms with Gasteiger partial charge in [0.15, 0.2) is 4.18 Å².